The zero-order valence-electron chi connectivity index (χ0n) is 10.1. The molecule has 2 aromatic heterocycles. The first-order valence-electron chi connectivity index (χ1n) is 5.92. The molecule has 0 saturated carbocycles. The number of hydrogen-bond donors (Lipinski definition) is 1. The van der Waals surface area contributed by atoms with Crippen molar-refractivity contribution in [3.63, 3.8) is 0 Å². The van der Waals surface area contributed by atoms with E-state index in [2.05, 4.69) is 56.3 Å². The Morgan fingerprint density at radius 3 is 2.74 bits per heavy atom. The van der Waals surface area contributed by atoms with Crippen molar-refractivity contribution in [2.75, 3.05) is 5.32 Å². The van der Waals surface area contributed by atoms with Gasteiger partial charge in [0.15, 0.2) is 0 Å². The first-order valence-corrected chi connectivity index (χ1v) is 8.48. The number of para-hydroxylation sites is 1. The van der Waals surface area contributed by atoms with Gasteiger partial charge >= 0.3 is 0 Å². The lowest BCUT2D eigenvalue weighted by atomic mass is 10.2. The summed E-state index contributed by atoms with van der Waals surface area (Å²) in [5.41, 5.74) is 2.46. The molecule has 3 aromatic rings. The van der Waals surface area contributed by atoms with Crippen LogP contribution >= 0.6 is 38.6 Å². The van der Waals surface area contributed by atoms with Gasteiger partial charge < -0.3 is 5.32 Å². The Balaban J connectivity index is 1.70. The van der Waals surface area contributed by atoms with E-state index in [0.29, 0.717) is 0 Å². The minimum atomic E-state index is 0.860. The predicted molar refractivity (Wildman–Crippen MR) is 89.1 cm³/mol. The monoisotopic (exact) mass is 349 g/mol. The van der Waals surface area contributed by atoms with Gasteiger partial charge in [-0.25, -0.2) is 0 Å². The van der Waals surface area contributed by atoms with E-state index in [0.717, 1.165) is 16.7 Å². The third-order valence-electron chi connectivity index (χ3n) is 2.79. The van der Waals surface area contributed by atoms with Crippen LogP contribution in [0.4, 0.5) is 5.69 Å². The average Bonchev–Trinajstić information content (AvgIpc) is 3.09. The van der Waals surface area contributed by atoms with Crippen LogP contribution in [0.5, 0.6) is 0 Å². The topological polar surface area (TPSA) is 12.0 Å². The summed E-state index contributed by atoms with van der Waals surface area (Å²) in [7, 11) is 0. The molecule has 0 aliphatic rings. The van der Waals surface area contributed by atoms with E-state index in [4.69, 9.17) is 0 Å². The highest BCUT2D eigenvalue weighted by atomic mass is 79.9. The molecule has 0 aliphatic carbocycles. The lowest BCUT2D eigenvalue weighted by molar-refractivity contribution is 1.19. The summed E-state index contributed by atoms with van der Waals surface area (Å²) in [6, 6.07) is 14.7. The van der Waals surface area contributed by atoms with Crippen LogP contribution in [-0.2, 0) is 6.54 Å². The molecule has 0 fully saturated rings. The van der Waals surface area contributed by atoms with Crippen LogP contribution in [0.1, 0.15) is 4.88 Å². The number of hydrogen-bond acceptors (Lipinski definition) is 3. The molecule has 0 bridgehead atoms. The van der Waals surface area contributed by atoms with E-state index in [1.54, 1.807) is 22.7 Å². The summed E-state index contributed by atoms with van der Waals surface area (Å²) >= 11 is 7.14. The molecule has 1 N–H and O–H groups in total. The Kier molecular flexibility index (Phi) is 4.01. The second-order valence-electron chi connectivity index (χ2n) is 4.11. The van der Waals surface area contributed by atoms with Gasteiger partial charge in [0.1, 0.15) is 0 Å². The van der Waals surface area contributed by atoms with Crippen molar-refractivity contribution in [2.24, 2.45) is 0 Å². The lowest BCUT2D eigenvalue weighted by Gasteiger charge is -2.06. The van der Waals surface area contributed by atoms with E-state index >= 15 is 0 Å². The molecule has 1 nitrogen and oxygen atoms in total. The Morgan fingerprint density at radius 2 is 1.95 bits per heavy atom. The molecule has 0 atom stereocenters. The molecular formula is C15H12BrNS2. The molecule has 96 valence electrons. The van der Waals surface area contributed by atoms with Gasteiger partial charge in [-0.2, -0.15) is 0 Å². The van der Waals surface area contributed by atoms with E-state index in [-0.39, 0.29) is 0 Å². The number of anilines is 1. The van der Waals surface area contributed by atoms with Crippen molar-refractivity contribution in [3.8, 4) is 10.4 Å². The number of halogens is 1. The standard InChI is InChI=1S/C15H12BrNS2/c16-13-4-1-2-5-14(13)17-9-12-8-11(10-19-12)15-6-3-7-18-15/h1-8,10,17H,9H2. The molecule has 0 aliphatic heterocycles. The van der Waals surface area contributed by atoms with E-state index in [9.17, 15) is 0 Å². The molecule has 19 heavy (non-hydrogen) atoms. The molecule has 3 rings (SSSR count). The van der Waals surface area contributed by atoms with Gasteiger partial charge in [0.05, 0.1) is 0 Å². The Hall–Kier alpha value is -1.10. The maximum atomic E-state index is 3.55. The summed E-state index contributed by atoms with van der Waals surface area (Å²) in [5, 5.41) is 7.80. The van der Waals surface area contributed by atoms with Gasteiger partial charge in [0.25, 0.3) is 0 Å². The van der Waals surface area contributed by atoms with Gasteiger partial charge in [0, 0.05) is 32.0 Å². The Morgan fingerprint density at radius 1 is 1.05 bits per heavy atom. The van der Waals surface area contributed by atoms with Gasteiger partial charge in [-0.05, 0) is 51.0 Å². The summed E-state index contributed by atoms with van der Waals surface area (Å²) < 4.78 is 1.10. The van der Waals surface area contributed by atoms with Gasteiger partial charge in [0.2, 0.25) is 0 Å². The fourth-order valence-corrected chi connectivity index (χ4v) is 3.87. The Bertz CT molecular complexity index is 658. The molecule has 0 unspecified atom stereocenters. The van der Waals surface area contributed by atoms with E-state index in [1.807, 2.05) is 18.2 Å². The second-order valence-corrected chi connectivity index (χ2v) is 6.91. The molecule has 2 heterocycles. The summed E-state index contributed by atoms with van der Waals surface area (Å²) in [6.45, 7) is 0.860. The third kappa shape index (κ3) is 3.08. The van der Waals surface area contributed by atoms with Crippen LogP contribution in [-0.4, -0.2) is 0 Å². The highest BCUT2D eigenvalue weighted by molar-refractivity contribution is 9.10. The first-order chi connectivity index (χ1) is 9.33. The number of nitrogens with one attached hydrogen (secondary N) is 1. The highest BCUT2D eigenvalue weighted by Gasteiger charge is 2.04. The maximum Gasteiger partial charge on any atom is 0.0494 e. The smallest absolute Gasteiger partial charge is 0.0494 e. The van der Waals surface area contributed by atoms with Crippen molar-refractivity contribution in [3.05, 3.63) is 62.6 Å². The molecule has 0 amide bonds. The van der Waals surface area contributed by atoms with Crippen LogP contribution in [0.3, 0.4) is 0 Å². The molecule has 4 heteroatoms. The van der Waals surface area contributed by atoms with E-state index < -0.39 is 0 Å². The minimum absolute atomic E-state index is 0.860. The zero-order valence-corrected chi connectivity index (χ0v) is 13.3. The minimum Gasteiger partial charge on any atom is -0.379 e. The van der Waals surface area contributed by atoms with Crippen LogP contribution in [0, 0.1) is 0 Å². The van der Waals surface area contributed by atoms with Crippen LogP contribution in [0.2, 0.25) is 0 Å². The van der Waals surface area contributed by atoms with Gasteiger partial charge in [-0.3, -0.25) is 0 Å². The zero-order chi connectivity index (χ0) is 13.1. The van der Waals surface area contributed by atoms with Crippen LogP contribution in [0.15, 0.2) is 57.7 Å². The number of thiophene rings is 2. The second kappa shape index (κ2) is 5.90. The van der Waals surface area contributed by atoms with Crippen molar-refractivity contribution >= 4 is 44.3 Å². The number of benzene rings is 1. The first kappa shape index (κ1) is 12.9. The molecule has 1 aromatic carbocycles. The van der Waals surface area contributed by atoms with Gasteiger partial charge in [-0.1, -0.05) is 18.2 Å². The van der Waals surface area contributed by atoms with Crippen LogP contribution < -0.4 is 5.32 Å². The largest absolute Gasteiger partial charge is 0.379 e. The predicted octanol–water partition coefficient (Wildman–Crippen LogP) is 5.85. The SMILES string of the molecule is Brc1ccccc1NCc1cc(-c2cccs2)cs1. The van der Waals surface area contributed by atoms with Crippen molar-refractivity contribution in [1.29, 1.82) is 0 Å². The fraction of sp³-hybridized carbons (Fsp3) is 0.0667. The third-order valence-corrected chi connectivity index (χ3v) is 5.33. The maximum absolute atomic E-state index is 3.55. The molecule has 0 radical (unpaired) electrons. The lowest BCUT2D eigenvalue weighted by Crippen LogP contribution is -1.97. The summed E-state index contributed by atoms with van der Waals surface area (Å²) in [6.07, 6.45) is 0. The molecule has 0 saturated heterocycles. The summed E-state index contributed by atoms with van der Waals surface area (Å²) in [4.78, 5) is 2.68. The van der Waals surface area contributed by atoms with Crippen molar-refractivity contribution < 1.29 is 0 Å². The van der Waals surface area contributed by atoms with Crippen molar-refractivity contribution in [1.82, 2.24) is 0 Å². The fourth-order valence-electron chi connectivity index (χ4n) is 1.83. The van der Waals surface area contributed by atoms with E-state index in [1.165, 1.54) is 15.3 Å². The van der Waals surface area contributed by atoms with Crippen LogP contribution in [0.25, 0.3) is 10.4 Å². The van der Waals surface area contributed by atoms with Crippen molar-refractivity contribution in [2.45, 2.75) is 6.54 Å². The Labute approximate surface area is 129 Å². The quantitative estimate of drug-likeness (QED) is 0.622. The van der Waals surface area contributed by atoms with Gasteiger partial charge in [-0.15, -0.1) is 22.7 Å². The highest BCUT2D eigenvalue weighted by Crippen LogP contribution is 2.30. The molecular weight excluding hydrogens is 338 g/mol. The average molecular weight is 350 g/mol. The molecule has 0 spiro atoms. The summed E-state index contributed by atoms with van der Waals surface area (Å²) in [5.74, 6) is 0. The number of rotatable bonds is 4. The normalized spacial score (nSPS) is 10.6.